The lowest BCUT2D eigenvalue weighted by molar-refractivity contribution is 0.279. The molecular weight excluding hydrogens is 208 g/mol. The van der Waals surface area contributed by atoms with Crippen LogP contribution in [0, 0.1) is 5.41 Å². The van der Waals surface area contributed by atoms with Crippen molar-refractivity contribution in [2.24, 2.45) is 11.1 Å². The van der Waals surface area contributed by atoms with Gasteiger partial charge in [-0.1, -0.05) is 45.0 Å². The van der Waals surface area contributed by atoms with Crippen LogP contribution in [0.15, 0.2) is 36.7 Å². The fourth-order valence-corrected chi connectivity index (χ4v) is 2.03. The molecule has 0 spiro atoms. The largest absolute Gasteiger partial charge is 0.323 e. The molecule has 0 aliphatic heterocycles. The first-order chi connectivity index (χ1) is 8.06. The van der Waals surface area contributed by atoms with E-state index in [-0.39, 0.29) is 11.5 Å². The highest BCUT2D eigenvalue weighted by molar-refractivity contribution is 5.85. The van der Waals surface area contributed by atoms with Gasteiger partial charge in [-0.15, -0.1) is 0 Å². The van der Waals surface area contributed by atoms with E-state index >= 15 is 0 Å². The Morgan fingerprint density at radius 1 is 1.24 bits per heavy atom. The zero-order chi connectivity index (χ0) is 12.5. The van der Waals surface area contributed by atoms with Gasteiger partial charge in [0.25, 0.3) is 0 Å². The zero-order valence-corrected chi connectivity index (χ0v) is 10.8. The normalized spacial score (nSPS) is 13.9. The minimum atomic E-state index is 0.0195. The van der Waals surface area contributed by atoms with Gasteiger partial charge in [-0.05, 0) is 22.8 Å². The third-order valence-electron chi connectivity index (χ3n) is 3.79. The Morgan fingerprint density at radius 3 is 2.65 bits per heavy atom. The number of fused-ring (bicyclic) bond motifs is 1. The Labute approximate surface area is 103 Å². The van der Waals surface area contributed by atoms with E-state index in [1.807, 2.05) is 18.5 Å². The number of pyridine rings is 1. The van der Waals surface area contributed by atoms with E-state index in [1.54, 1.807) is 0 Å². The zero-order valence-electron chi connectivity index (χ0n) is 10.8. The Balaban J connectivity index is 2.56. The second-order valence-electron chi connectivity index (χ2n) is 5.27. The molecule has 1 atom stereocenters. The third kappa shape index (κ3) is 2.18. The second-order valence-corrected chi connectivity index (χ2v) is 5.27. The molecule has 17 heavy (non-hydrogen) atoms. The van der Waals surface area contributed by atoms with Crippen LogP contribution in [0.4, 0.5) is 0 Å². The van der Waals surface area contributed by atoms with Crippen LogP contribution in [-0.2, 0) is 0 Å². The molecule has 1 heterocycles. The number of benzene rings is 1. The van der Waals surface area contributed by atoms with E-state index in [0.717, 1.165) is 17.4 Å². The van der Waals surface area contributed by atoms with E-state index in [0.29, 0.717) is 0 Å². The summed E-state index contributed by atoms with van der Waals surface area (Å²) < 4.78 is 0. The molecule has 2 nitrogen and oxygen atoms in total. The molecule has 0 saturated heterocycles. The van der Waals surface area contributed by atoms with Gasteiger partial charge in [0.15, 0.2) is 0 Å². The van der Waals surface area contributed by atoms with Crippen LogP contribution in [-0.4, -0.2) is 4.98 Å². The van der Waals surface area contributed by atoms with E-state index in [1.165, 1.54) is 5.39 Å². The lowest BCUT2D eigenvalue weighted by Gasteiger charge is -2.31. The molecule has 2 heteroatoms. The van der Waals surface area contributed by atoms with Crippen molar-refractivity contribution in [2.75, 3.05) is 0 Å². The van der Waals surface area contributed by atoms with Gasteiger partial charge in [0.1, 0.15) is 0 Å². The summed E-state index contributed by atoms with van der Waals surface area (Å²) in [5.74, 6) is 0. The Morgan fingerprint density at radius 2 is 1.94 bits per heavy atom. The first kappa shape index (κ1) is 12.1. The summed E-state index contributed by atoms with van der Waals surface area (Å²) in [6, 6.07) is 8.31. The number of aromatic nitrogens is 1. The van der Waals surface area contributed by atoms with Crippen LogP contribution in [0.3, 0.4) is 0 Å². The monoisotopic (exact) mass is 228 g/mol. The SMILES string of the molecule is CCC(C)(C)C(N)c1cncc2ccccc12. The fourth-order valence-electron chi connectivity index (χ4n) is 2.03. The number of hydrogen-bond acceptors (Lipinski definition) is 2. The molecule has 2 N–H and O–H groups in total. The number of nitrogens with two attached hydrogens (primary N) is 1. The van der Waals surface area contributed by atoms with Crippen molar-refractivity contribution in [2.45, 2.75) is 33.2 Å². The third-order valence-corrected chi connectivity index (χ3v) is 3.79. The molecular formula is C15H20N2. The van der Waals surface area contributed by atoms with Crippen LogP contribution < -0.4 is 5.73 Å². The van der Waals surface area contributed by atoms with E-state index < -0.39 is 0 Å². The molecule has 1 unspecified atom stereocenters. The highest BCUT2D eigenvalue weighted by Gasteiger charge is 2.27. The van der Waals surface area contributed by atoms with Gasteiger partial charge in [0.2, 0.25) is 0 Å². The van der Waals surface area contributed by atoms with Gasteiger partial charge in [-0.3, -0.25) is 4.98 Å². The molecule has 1 aromatic heterocycles. The van der Waals surface area contributed by atoms with Gasteiger partial charge in [-0.25, -0.2) is 0 Å². The van der Waals surface area contributed by atoms with Crippen molar-refractivity contribution < 1.29 is 0 Å². The molecule has 0 radical (unpaired) electrons. The molecule has 0 saturated carbocycles. The summed E-state index contributed by atoms with van der Waals surface area (Å²) in [5.41, 5.74) is 7.65. The van der Waals surface area contributed by atoms with Gasteiger partial charge in [-0.2, -0.15) is 0 Å². The Bertz CT molecular complexity index is 512. The lowest BCUT2D eigenvalue weighted by atomic mass is 9.78. The smallest absolute Gasteiger partial charge is 0.0368 e. The average Bonchev–Trinajstić information content (AvgIpc) is 2.37. The highest BCUT2D eigenvalue weighted by atomic mass is 14.7. The molecule has 2 aromatic rings. The van der Waals surface area contributed by atoms with E-state index in [4.69, 9.17) is 5.73 Å². The molecule has 0 fully saturated rings. The van der Waals surface area contributed by atoms with Crippen molar-refractivity contribution in [1.82, 2.24) is 4.98 Å². The Kier molecular flexibility index (Phi) is 3.16. The first-order valence-electron chi connectivity index (χ1n) is 6.14. The molecule has 2 rings (SSSR count). The molecule has 90 valence electrons. The standard InChI is InChI=1S/C15H20N2/c1-4-15(2,3)14(16)13-10-17-9-11-7-5-6-8-12(11)13/h5-10,14H,4,16H2,1-3H3. The molecule has 0 bridgehead atoms. The summed E-state index contributed by atoms with van der Waals surface area (Å²) in [6.45, 7) is 6.59. The van der Waals surface area contributed by atoms with Crippen molar-refractivity contribution >= 4 is 10.8 Å². The van der Waals surface area contributed by atoms with Crippen LogP contribution in [0.2, 0.25) is 0 Å². The maximum Gasteiger partial charge on any atom is 0.0368 e. The summed E-state index contributed by atoms with van der Waals surface area (Å²) >= 11 is 0. The maximum absolute atomic E-state index is 6.41. The highest BCUT2D eigenvalue weighted by Crippen LogP contribution is 2.36. The first-order valence-corrected chi connectivity index (χ1v) is 6.14. The van der Waals surface area contributed by atoms with Crippen LogP contribution in [0.5, 0.6) is 0 Å². The van der Waals surface area contributed by atoms with Crippen molar-refractivity contribution in [3.05, 3.63) is 42.2 Å². The summed E-state index contributed by atoms with van der Waals surface area (Å²) in [6.07, 6.45) is 4.85. The van der Waals surface area contributed by atoms with Crippen molar-refractivity contribution in [1.29, 1.82) is 0 Å². The quantitative estimate of drug-likeness (QED) is 0.870. The summed E-state index contributed by atoms with van der Waals surface area (Å²) in [7, 11) is 0. The van der Waals surface area contributed by atoms with Crippen molar-refractivity contribution in [3.8, 4) is 0 Å². The Hall–Kier alpha value is -1.41. The number of rotatable bonds is 3. The van der Waals surface area contributed by atoms with Crippen LogP contribution in [0.1, 0.15) is 38.8 Å². The fraction of sp³-hybridized carbons (Fsp3) is 0.400. The predicted molar refractivity (Wildman–Crippen MR) is 72.7 cm³/mol. The van der Waals surface area contributed by atoms with Gasteiger partial charge in [0.05, 0.1) is 0 Å². The van der Waals surface area contributed by atoms with Crippen LogP contribution >= 0.6 is 0 Å². The summed E-state index contributed by atoms with van der Waals surface area (Å²) in [4.78, 5) is 4.30. The topological polar surface area (TPSA) is 38.9 Å². The molecule has 1 aromatic carbocycles. The molecule has 0 aliphatic rings. The minimum Gasteiger partial charge on any atom is -0.323 e. The van der Waals surface area contributed by atoms with E-state index in [2.05, 4.69) is 44.0 Å². The van der Waals surface area contributed by atoms with E-state index in [9.17, 15) is 0 Å². The predicted octanol–water partition coefficient (Wildman–Crippen LogP) is 3.67. The van der Waals surface area contributed by atoms with Gasteiger partial charge in [0, 0.05) is 23.8 Å². The second kappa shape index (κ2) is 4.46. The minimum absolute atomic E-state index is 0.0195. The lowest BCUT2D eigenvalue weighted by Crippen LogP contribution is -2.28. The van der Waals surface area contributed by atoms with Crippen LogP contribution in [0.25, 0.3) is 10.8 Å². The maximum atomic E-state index is 6.41. The number of hydrogen-bond donors (Lipinski definition) is 1. The molecule has 0 aliphatic carbocycles. The average molecular weight is 228 g/mol. The van der Waals surface area contributed by atoms with Crippen molar-refractivity contribution in [3.63, 3.8) is 0 Å². The summed E-state index contributed by atoms with van der Waals surface area (Å²) in [5, 5.41) is 2.38. The van der Waals surface area contributed by atoms with Gasteiger partial charge >= 0.3 is 0 Å². The molecule has 0 amide bonds. The van der Waals surface area contributed by atoms with Gasteiger partial charge < -0.3 is 5.73 Å². The number of nitrogens with zero attached hydrogens (tertiary/aromatic N) is 1.